The third-order valence-corrected chi connectivity index (χ3v) is 4.34. The Labute approximate surface area is 185 Å². The van der Waals surface area contributed by atoms with Crippen LogP contribution in [0.3, 0.4) is 0 Å². The van der Waals surface area contributed by atoms with Crippen LogP contribution in [0.5, 0.6) is 11.5 Å². The number of nitrogens with one attached hydrogen (secondary N) is 3. The second kappa shape index (κ2) is 10.7. The number of ether oxygens (including phenoxy) is 2. The van der Waals surface area contributed by atoms with E-state index in [1.54, 1.807) is 60.7 Å². The first-order chi connectivity index (χ1) is 15.1. The monoisotopic (exact) mass is 435 g/mol. The number of thiocarbonyl (C=S) groups is 1. The van der Waals surface area contributed by atoms with Gasteiger partial charge in [-0.1, -0.05) is 42.5 Å². The van der Waals surface area contributed by atoms with Crippen LogP contribution in [0.4, 0.5) is 11.4 Å². The number of rotatable bonds is 7. The van der Waals surface area contributed by atoms with Crippen molar-refractivity contribution in [1.82, 2.24) is 5.32 Å². The lowest BCUT2D eigenvalue weighted by Gasteiger charge is -2.14. The van der Waals surface area contributed by atoms with Crippen LogP contribution in [0.2, 0.25) is 0 Å². The highest BCUT2D eigenvalue weighted by Gasteiger charge is 2.14. The molecule has 0 atom stereocenters. The van der Waals surface area contributed by atoms with Crippen molar-refractivity contribution in [3.63, 3.8) is 0 Å². The Morgan fingerprint density at radius 2 is 1.48 bits per heavy atom. The molecule has 3 aromatic carbocycles. The summed E-state index contributed by atoms with van der Waals surface area (Å²) >= 11 is 5.21. The van der Waals surface area contributed by atoms with Gasteiger partial charge in [0.1, 0.15) is 0 Å². The number of hydrogen-bond acceptors (Lipinski definition) is 5. The number of carbonyl (C=O) groups excluding carboxylic acids is 2. The number of amides is 2. The Hall–Kier alpha value is -3.91. The molecule has 0 heterocycles. The van der Waals surface area contributed by atoms with E-state index >= 15 is 0 Å². The maximum absolute atomic E-state index is 12.6. The lowest BCUT2D eigenvalue weighted by atomic mass is 10.1. The zero-order valence-corrected chi connectivity index (χ0v) is 17.6. The number of anilines is 2. The van der Waals surface area contributed by atoms with E-state index in [1.807, 2.05) is 18.2 Å². The summed E-state index contributed by atoms with van der Waals surface area (Å²) in [5.74, 6) is 0.217. The zero-order valence-electron chi connectivity index (χ0n) is 16.8. The van der Waals surface area contributed by atoms with Gasteiger partial charge in [0.2, 0.25) is 0 Å². The minimum absolute atomic E-state index is 0.0496. The molecule has 0 aliphatic carbocycles. The van der Waals surface area contributed by atoms with Crippen LogP contribution >= 0.6 is 12.2 Å². The predicted octanol–water partition coefficient (Wildman–Crippen LogP) is 3.84. The molecule has 0 fully saturated rings. The van der Waals surface area contributed by atoms with Crippen molar-refractivity contribution in [2.45, 2.75) is 0 Å². The van der Waals surface area contributed by atoms with Gasteiger partial charge in [-0.15, -0.1) is 0 Å². The van der Waals surface area contributed by atoms with Crippen molar-refractivity contribution >= 4 is 40.5 Å². The maximum atomic E-state index is 12.6. The molecule has 158 valence electrons. The molecule has 3 rings (SSSR count). The third-order valence-electron chi connectivity index (χ3n) is 4.13. The van der Waals surface area contributed by atoms with E-state index in [0.29, 0.717) is 28.4 Å². The van der Waals surface area contributed by atoms with Gasteiger partial charge < -0.3 is 20.1 Å². The average molecular weight is 436 g/mol. The Kier molecular flexibility index (Phi) is 7.56. The van der Waals surface area contributed by atoms with Gasteiger partial charge in [0.15, 0.2) is 23.2 Å². The van der Waals surface area contributed by atoms with E-state index in [1.165, 1.54) is 7.11 Å². The van der Waals surface area contributed by atoms with Crippen LogP contribution in [0.15, 0.2) is 78.9 Å². The minimum Gasteiger partial charge on any atom is -0.493 e. The Balaban J connectivity index is 1.58. The molecule has 8 heteroatoms. The lowest BCUT2D eigenvalue weighted by Crippen LogP contribution is -2.37. The van der Waals surface area contributed by atoms with Crippen molar-refractivity contribution in [3.05, 3.63) is 84.4 Å². The first kappa shape index (κ1) is 21.8. The molecule has 0 unspecified atom stereocenters. The number of para-hydroxylation sites is 4. The second-order valence-electron chi connectivity index (χ2n) is 6.31. The molecule has 3 N–H and O–H groups in total. The lowest BCUT2D eigenvalue weighted by molar-refractivity contribution is -0.121. The summed E-state index contributed by atoms with van der Waals surface area (Å²) in [7, 11) is 1.52. The van der Waals surface area contributed by atoms with Crippen molar-refractivity contribution < 1.29 is 19.1 Å². The van der Waals surface area contributed by atoms with Crippen molar-refractivity contribution in [3.8, 4) is 11.5 Å². The highest BCUT2D eigenvalue weighted by atomic mass is 32.1. The van der Waals surface area contributed by atoms with E-state index in [9.17, 15) is 9.59 Å². The quantitative estimate of drug-likeness (QED) is 0.489. The highest BCUT2D eigenvalue weighted by molar-refractivity contribution is 7.80. The van der Waals surface area contributed by atoms with Gasteiger partial charge in [-0.3, -0.25) is 14.9 Å². The topological polar surface area (TPSA) is 88.7 Å². The van der Waals surface area contributed by atoms with Crippen LogP contribution in [-0.4, -0.2) is 30.6 Å². The van der Waals surface area contributed by atoms with Crippen molar-refractivity contribution in [2.75, 3.05) is 24.4 Å². The molecule has 2 amide bonds. The van der Waals surface area contributed by atoms with E-state index in [2.05, 4.69) is 16.0 Å². The molecular weight excluding hydrogens is 414 g/mol. The summed E-state index contributed by atoms with van der Waals surface area (Å²) in [5.41, 5.74) is 1.52. The highest BCUT2D eigenvalue weighted by Crippen LogP contribution is 2.25. The van der Waals surface area contributed by atoms with Crippen molar-refractivity contribution in [1.29, 1.82) is 0 Å². The largest absolute Gasteiger partial charge is 0.493 e. The van der Waals surface area contributed by atoms with Gasteiger partial charge >= 0.3 is 0 Å². The fraction of sp³-hybridized carbons (Fsp3) is 0.0870. The predicted molar refractivity (Wildman–Crippen MR) is 124 cm³/mol. The standard InChI is InChI=1S/C23H21N3O4S/c1-29-19-13-7-8-14-20(19)30-15-21(27)26-23(31)25-18-12-6-5-11-17(18)22(28)24-16-9-3-2-4-10-16/h2-14H,15H2,1H3,(H,24,28)(H2,25,26,27,31). The molecule has 3 aromatic rings. The summed E-state index contributed by atoms with van der Waals surface area (Å²) in [5, 5.41) is 8.29. The Bertz CT molecular complexity index is 1070. The van der Waals surface area contributed by atoms with E-state index in [-0.39, 0.29) is 17.6 Å². The second-order valence-corrected chi connectivity index (χ2v) is 6.72. The van der Waals surface area contributed by atoms with Gasteiger partial charge in [-0.2, -0.15) is 0 Å². The van der Waals surface area contributed by atoms with Gasteiger partial charge in [-0.25, -0.2) is 0 Å². The smallest absolute Gasteiger partial charge is 0.264 e. The molecule has 0 aromatic heterocycles. The van der Waals surface area contributed by atoms with E-state index in [0.717, 1.165) is 0 Å². The van der Waals surface area contributed by atoms with Gasteiger partial charge in [0, 0.05) is 5.69 Å². The van der Waals surface area contributed by atoms with Gasteiger partial charge in [-0.05, 0) is 48.6 Å². The number of hydrogen-bond donors (Lipinski definition) is 3. The first-order valence-corrected chi connectivity index (χ1v) is 9.79. The van der Waals surface area contributed by atoms with Crippen molar-refractivity contribution in [2.24, 2.45) is 0 Å². The normalized spacial score (nSPS) is 9.97. The molecule has 0 saturated carbocycles. The average Bonchev–Trinajstić information content (AvgIpc) is 2.78. The molecule has 0 radical (unpaired) electrons. The van der Waals surface area contributed by atoms with Crippen LogP contribution < -0.4 is 25.4 Å². The maximum Gasteiger partial charge on any atom is 0.264 e. The first-order valence-electron chi connectivity index (χ1n) is 9.39. The fourth-order valence-corrected chi connectivity index (χ4v) is 2.93. The van der Waals surface area contributed by atoms with Crippen LogP contribution in [0, 0.1) is 0 Å². The third kappa shape index (κ3) is 6.28. The van der Waals surface area contributed by atoms with Crippen LogP contribution in [-0.2, 0) is 4.79 Å². The van der Waals surface area contributed by atoms with E-state index in [4.69, 9.17) is 21.7 Å². The fourth-order valence-electron chi connectivity index (χ4n) is 2.71. The molecule has 0 saturated heterocycles. The number of benzene rings is 3. The summed E-state index contributed by atoms with van der Waals surface area (Å²) < 4.78 is 10.7. The Morgan fingerprint density at radius 3 is 2.23 bits per heavy atom. The molecule has 31 heavy (non-hydrogen) atoms. The molecule has 0 aliphatic heterocycles. The number of carbonyl (C=O) groups is 2. The molecule has 0 aliphatic rings. The summed E-state index contributed by atoms with van der Waals surface area (Å²) in [6.07, 6.45) is 0. The van der Waals surface area contributed by atoms with Crippen LogP contribution in [0.1, 0.15) is 10.4 Å². The van der Waals surface area contributed by atoms with Gasteiger partial charge in [0.05, 0.1) is 18.4 Å². The Morgan fingerprint density at radius 1 is 0.839 bits per heavy atom. The number of methoxy groups -OCH3 is 1. The van der Waals surface area contributed by atoms with Crippen LogP contribution in [0.25, 0.3) is 0 Å². The van der Waals surface area contributed by atoms with Gasteiger partial charge in [0.25, 0.3) is 11.8 Å². The zero-order chi connectivity index (χ0) is 22.1. The summed E-state index contributed by atoms with van der Waals surface area (Å²) in [6, 6.07) is 23.0. The van der Waals surface area contributed by atoms with E-state index < -0.39 is 5.91 Å². The summed E-state index contributed by atoms with van der Waals surface area (Å²) in [6.45, 7) is -0.252. The summed E-state index contributed by atoms with van der Waals surface area (Å²) in [4.78, 5) is 24.8. The molecule has 0 bridgehead atoms. The molecule has 7 nitrogen and oxygen atoms in total. The molecule has 0 spiro atoms. The molecular formula is C23H21N3O4S. The SMILES string of the molecule is COc1ccccc1OCC(=O)NC(=S)Nc1ccccc1C(=O)Nc1ccccc1. The minimum atomic E-state index is -0.449.